The lowest BCUT2D eigenvalue weighted by Crippen LogP contribution is -2.38. The van der Waals surface area contributed by atoms with Crippen LogP contribution >= 0.6 is 0 Å². The highest BCUT2D eigenvalue weighted by Gasteiger charge is 2.21. The first-order chi connectivity index (χ1) is 7.86. The predicted octanol–water partition coefficient (Wildman–Crippen LogP) is 1.63. The molecule has 0 saturated carbocycles. The van der Waals surface area contributed by atoms with Crippen LogP contribution in [0.25, 0.3) is 0 Å². The van der Waals surface area contributed by atoms with Gasteiger partial charge in [-0.1, -0.05) is 0 Å². The fraction of sp³-hybridized carbons (Fsp3) is 1.00. The maximum absolute atomic E-state index is 5.67. The summed E-state index contributed by atoms with van der Waals surface area (Å²) in [6, 6.07) is 0.529. The summed E-state index contributed by atoms with van der Waals surface area (Å²) in [5.74, 6) is 0. The Morgan fingerprint density at radius 3 is 2.81 bits per heavy atom. The van der Waals surface area contributed by atoms with Gasteiger partial charge in [-0.2, -0.15) is 0 Å². The highest BCUT2D eigenvalue weighted by Crippen LogP contribution is 2.15. The van der Waals surface area contributed by atoms with E-state index in [0.717, 1.165) is 13.2 Å². The van der Waals surface area contributed by atoms with Crippen molar-refractivity contribution in [3.63, 3.8) is 0 Å². The van der Waals surface area contributed by atoms with Crippen LogP contribution in [0, 0.1) is 0 Å². The number of hydrogen-bond acceptors (Lipinski definition) is 3. The number of ether oxygens (including phenoxy) is 1. The highest BCUT2D eigenvalue weighted by molar-refractivity contribution is 4.76. The summed E-state index contributed by atoms with van der Waals surface area (Å²) in [5.41, 5.74) is 0. The number of likely N-dealkylation sites (tertiary alicyclic amines) is 1. The van der Waals surface area contributed by atoms with Crippen molar-refractivity contribution in [1.82, 2.24) is 10.2 Å². The van der Waals surface area contributed by atoms with Gasteiger partial charge in [0.15, 0.2) is 0 Å². The average Bonchev–Trinajstić information content (AvgIpc) is 2.96. The molecule has 0 aromatic heterocycles. The second-order valence-corrected chi connectivity index (χ2v) is 5.20. The van der Waals surface area contributed by atoms with Crippen molar-refractivity contribution in [3.05, 3.63) is 0 Å². The van der Waals surface area contributed by atoms with Crippen molar-refractivity contribution in [2.24, 2.45) is 0 Å². The first-order valence-corrected chi connectivity index (χ1v) is 6.93. The Balaban J connectivity index is 1.50. The van der Waals surface area contributed by atoms with Gasteiger partial charge >= 0.3 is 0 Å². The Labute approximate surface area is 99.5 Å². The maximum atomic E-state index is 5.67. The van der Waals surface area contributed by atoms with Crippen molar-refractivity contribution >= 4 is 0 Å². The molecule has 0 aromatic carbocycles. The number of rotatable bonds is 6. The molecule has 3 heteroatoms. The molecule has 0 spiro atoms. The molecule has 0 aliphatic carbocycles. The molecule has 2 heterocycles. The zero-order chi connectivity index (χ0) is 11.2. The Morgan fingerprint density at radius 1 is 1.31 bits per heavy atom. The van der Waals surface area contributed by atoms with Crippen LogP contribution in [0.15, 0.2) is 0 Å². The molecular weight excluding hydrogens is 200 g/mol. The van der Waals surface area contributed by atoms with Crippen LogP contribution < -0.4 is 5.32 Å². The van der Waals surface area contributed by atoms with Gasteiger partial charge in [0.1, 0.15) is 0 Å². The molecule has 16 heavy (non-hydrogen) atoms. The van der Waals surface area contributed by atoms with E-state index < -0.39 is 0 Å². The second-order valence-electron chi connectivity index (χ2n) is 5.20. The van der Waals surface area contributed by atoms with Crippen molar-refractivity contribution in [1.29, 1.82) is 0 Å². The zero-order valence-corrected chi connectivity index (χ0v) is 10.6. The minimum absolute atomic E-state index is 0.465. The Hall–Kier alpha value is -0.120. The third-order valence-corrected chi connectivity index (χ3v) is 3.84. The molecule has 0 radical (unpaired) electrons. The summed E-state index contributed by atoms with van der Waals surface area (Å²) in [5, 5.41) is 3.60. The molecule has 2 saturated heterocycles. The fourth-order valence-corrected chi connectivity index (χ4v) is 2.77. The van der Waals surface area contributed by atoms with E-state index in [1.807, 2.05) is 0 Å². The molecule has 2 rings (SSSR count). The van der Waals surface area contributed by atoms with Crippen LogP contribution in [-0.2, 0) is 4.74 Å². The van der Waals surface area contributed by atoms with E-state index >= 15 is 0 Å². The Morgan fingerprint density at radius 2 is 2.12 bits per heavy atom. The number of nitrogens with zero attached hydrogens (tertiary/aromatic N) is 1. The van der Waals surface area contributed by atoms with Crippen molar-refractivity contribution in [2.45, 2.75) is 51.2 Å². The summed E-state index contributed by atoms with van der Waals surface area (Å²) in [4.78, 5) is 2.58. The van der Waals surface area contributed by atoms with Crippen LogP contribution in [0.5, 0.6) is 0 Å². The monoisotopic (exact) mass is 226 g/mol. The smallest absolute Gasteiger partial charge is 0.0726 e. The van der Waals surface area contributed by atoms with E-state index in [1.165, 1.54) is 51.7 Å². The summed E-state index contributed by atoms with van der Waals surface area (Å²) in [7, 11) is 0. The van der Waals surface area contributed by atoms with E-state index in [4.69, 9.17) is 4.74 Å². The third kappa shape index (κ3) is 3.72. The molecule has 0 amide bonds. The van der Waals surface area contributed by atoms with Gasteiger partial charge < -0.3 is 15.0 Å². The normalized spacial score (nSPS) is 28.7. The van der Waals surface area contributed by atoms with Gasteiger partial charge in [0.25, 0.3) is 0 Å². The van der Waals surface area contributed by atoms with Crippen LogP contribution in [0.4, 0.5) is 0 Å². The summed E-state index contributed by atoms with van der Waals surface area (Å²) in [6.07, 6.45) is 7.02. The lowest BCUT2D eigenvalue weighted by Gasteiger charge is -2.21. The van der Waals surface area contributed by atoms with Crippen LogP contribution in [0.1, 0.15) is 39.0 Å². The van der Waals surface area contributed by atoms with E-state index in [2.05, 4.69) is 17.1 Å². The van der Waals surface area contributed by atoms with Crippen molar-refractivity contribution < 1.29 is 4.74 Å². The second kappa shape index (κ2) is 6.58. The molecule has 2 fully saturated rings. The lowest BCUT2D eigenvalue weighted by molar-refractivity contribution is 0.0834. The summed E-state index contributed by atoms with van der Waals surface area (Å²) in [6.45, 7) is 8.27. The molecule has 0 aromatic rings. The number of nitrogens with one attached hydrogen (secondary N) is 1. The molecule has 0 bridgehead atoms. The summed E-state index contributed by atoms with van der Waals surface area (Å²) >= 11 is 0. The van der Waals surface area contributed by atoms with E-state index in [-0.39, 0.29) is 0 Å². The van der Waals surface area contributed by atoms with Crippen molar-refractivity contribution in [3.8, 4) is 0 Å². The molecule has 2 aliphatic rings. The van der Waals surface area contributed by atoms with Gasteiger partial charge in [0, 0.05) is 12.6 Å². The molecule has 2 atom stereocenters. The first kappa shape index (κ1) is 12.3. The van der Waals surface area contributed by atoms with Gasteiger partial charge in [-0.25, -0.2) is 0 Å². The first-order valence-electron chi connectivity index (χ1n) is 6.93. The lowest BCUT2D eigenvalue weighted by atomic mass is 10.1. The zero-order valence-electron chi connectivity index (χ0n) is 10.6. The van der Waals surface area contributed by atoms with E-state index in [9.17, 15) is 0 Å². The quantitative estimate of drug-likeness (QED) is 0.697. The Kier molecular flexibility index (Phi) is 5.07. The SMILES string of the molecule is CC(NCCCN1CCCC1)C1CCCO1. The minimum atomic E-state index is 0.465. The predicted molar refractivity (Wildman–Crippen MR) is 66.7 cm³/mol. The van der Waals surface area contributed by atoms with Gasteiger partial charge in [0.05, 0.1) is 6.10 Å². The largest absolute Gasteiger partial charge is 0.377 e. The van der Waals surface area contributed by atoms with Crippen LogP contribution in [0.2, 0.25) is 0 Å². The molecule has 1 N–H and O–H groups in total. The van der Waals surface area contributed by atoms with Gasteiger partial charge in [0.2, 0.25) is 0 Å². The van der Waals surface area contributed by atoms with E-state index in [0.29, 0.717) is 12.1 Å². The third-order valence-electron chi connectivity index (χ3n) is 3.84. The molecular formula is C13H26N2O. The molecule has 2 aliphatic heterocycles. The average molecular weight is 226 g/mol. The molecule has 94 valence electrons. The number of hydrogen-bond donors (Lipinski definition) is 1. The van der Waals surface area contributed by atoms with Crippen molar-refractivity contribution in [2.75, 3.05) is 32.8 Å². The molecule has 3 nitrogen and oxygen atoms in total. The van der Waals surface area contributed by atoms with E-state index in [1.54, 1.807) is 0 Å². The summed E-state index contributed by atoms with van der Waals surface area (Å²) < 4.78 is 5.67. The molecule has 2 unspecified atom stereocenters. The Bertz CT molecular complexity index is 186. The van der Waals surface area contributed by atoms with Gasteiger partial charge in [-0.15, -0.1) is 0 Å². The van der Waals surface area contributed by atoms with Crippen LogP contribution in [0.3, 0.4) is 0 Å². The van der Waals surface area contributed by atoms with Gasteiger partial charge in [-0.3, -0.25) is 0 Å². The topological polar surface area (TPSA) is 24.5 Å². The fourth-order valence-electron chi connectivity index (χ4n) is 2.77. The maximum Gasteiger partial charge on any atom is 0.0726 e. The van der Waals surface area contributed by atoms with Gasteiger partial charge in [-0.05, 0) is 65.2 Å². The minimum Gasteiger partial charge on any atom is -0.377 e. The highest BCUT2D eigenvalue weighted by atomic mass is 16.5. The standard InChI is InChI=1S/C13H26N2O/c1-12(13-6-4-11-16-13)14-7-5-10-15-8-2-3-9-15/h12-14H,2-11H2,1H3. The van der Waals surface area contributed by atoms with Crippen LogP contribution in [-0.4, -0.2) is 49.8 Å².